The molecular formula is C36H24. The molecule has 0 heteroatoms. The van der Waals surface area contributed by atoms with E-state index in [4.69, 9.17) is 0 Å². The van der Waals surface area contributed by atoms with Crippen LogP contribution < -0.4 is 0 Å². The highest BCUT2D eigenvalue weighted by atomic mass is 14.2. The first-order chi connectivity index (χ1) is 17.8. The predicted octanol–water partition coefficient (Wildman–Crippen LogP) is 10.1. The van der Waals surface area contributed by atoms with E-state index in [9.17, 15) is 0 Å². The molecule has 0 nitrogen and oxygen atoms in total. The molecule has 0 fully saturated rings. The fraction of sp³-hybridized carbons (Fsp3) is 0. The van der Waals surface area contributed by atoms with Crippen molar-refractivity contribution in [1.82, 2.24) is 0 Å². The van der Waals surface area contributed by atoms with E-state index in [1.165, 1.54) is 65.7 Å². The standard InChI is InChI=1S/C36H24/c1-4-10-28-21-31(16-13-25(28)7-1)32-19-20-35(33-17-14-26-8-2-5-11-29(26)22-33)36(24-32)34-18-15-27-9-3-6-12-30(27)23-34/h1-24H. The summed E-state index contributed by atoms with van der Waals surface area (Å²) >= 11 is 0. The van der Waals surface area contributed by atoms with E-state index in [0.717, 1.165) is 0 Å². The van der Waals surface area contributed by atoms with Crippen LogP contribution >= 0.6 is 0 Å². The molecule has 0 N–H and O–H groups in total. The van der Waals surface area contributed by atoms with Crippen molar-refractivity contribution in [3.8, 4) is 33.4 Å². The van der Waals surface area contributed by atoms with Gasteiger partial charge in [-0.3, -0.25) is 0 Å². The lowest BCUT2D eigenvalue weighted by molar-refractivity contribution is 1.59. The van der Waals surface area contributed by atoms with E-state index < -0.39 is 0 Å². The molecule has 0 radical (unpaired) electrons. The molecule has 168 valence electrons. The van der Waals surface area contributed by atoms with E-state index >= 15 is 0 Å². The summed E-state index contributed by atoms with van der Waals surface area (Å²) in [5.41, 5.74) is 7.44. The van der Waals surface area contributed by atoms with Crippen LogP contribution in [-0.2, 0) is 0 Å². The van der Waals surface area contributed by atoms with Gasteiger partial charge in [0.15, 0.2) is 0 Å². The Morgan fingerprint density at radius 2 is 0.583 bits per heavy atom. The molecule has 36 heavy (non-hydrogen) atoms. The van der Waals surface area contributed by atoms with Gasteiger partial charge in [-0.15, -0.1) is 0 Å². The smallest absolute Gasteiger partial charge is 0.00990 e. The lowest BCUT2D eigenvalue weighted by atomic mass is 9.89. The summed E-state index contributed by atoms with van der Waals surface area (Å²) in [7, 11) is 0. The number of benzene rings is 7. The van der Waals surface area contributed by atoms with Crippen LogP contribution in [0.15, 0.2) is 146 Å². The topological polar surface area (TPSA) is 0 Å². The summed E-state index contributed by atoms with van der Waals surface area (Å²) in [5.74, 6) is 0. The molecule has 0 spiro atoms. The second kappa shape index (κ2) is 8.52. The van der Waals surface area contributed by atoms with E-state index in [1.807, 2.05) is 0 Å². The normalized spacial score (nSPS) is 11.3. The van der Waals surface area contributed by atoms with Crippen LogP contribution in [-0.4, -0.2) is 0 Å². The number of hydrogen-bond acceptors (Lipinski definition) is 0. The molecule has 0 aliphatic rings. The van der Waals surface area contributed by atoms with Crippen molar-refractivity contribution in [2.75, 3.05) is 0 Å². The van der Waals surface area contributed by atoms with Gasteiger partial charge >= 0.3 is 0 Å². The highest BCUT2D eigenvalue weighted by molar-refractivity contribution is 5.96. The SMILES string of the molecule is c1ccc2cc(-c3ccc(-c4ccc5ccccc5c4)c(-c4ccc5ccccc5c4)c3)ccc2c1. The van der Waals surface area contributed by atoms with Crippen LogP contribution in [0.5, 0.6) is 0 Å². The Kier molecular flexibility index (Phi) is 4.89. The summed E-state index contributed by atoms with van der Waals surface area (Å²) < 4.78 is 0. The van der Waals surface area contributed by atoms with Gasteiger partial charge in [-0.25, -0.2) is 0 Å². The highest BCUT2D eigenvalue weighted by Crippen LogP contribution is 2.38. The largest absolute Gasteiger partial charge is 0.0616 e. The second-order valence-corrected chi connectivity index (χ2v) is 9.45. The van der Waals surface area contributed by atoms with Crippen LogP contribution in [0.1, 0.15) is 0 Å². The number of rotatable bonds is 3. The Morgan fingerprint density at radius 1 is 0.222 bits per heavy atom. The van der Waals surface area contributed by atoms with Gasteiger partial charge < -0.3 is 0 Å². The van der Waals surface area contributed by atoms with Crippen molar-refractivity contribution >= 4 is 32.3 Å². The third-order valence-electron chi connectivity index (χ3n) is 7.22. The number of fused-ring (bicyclic) bond motifs is 3. The molecule has 7 rings (SSSR count). The molecule has 0 aromatic heterocycles. The zero-order valence-corrected chi connectivity index (χ0v) is 19.9. The molecular weight excluding hydrogens is 432 g/mol. The van der Waals surface area contributed by atoms with Gasteiger partial charge in [0, 0.05) is 0 Å². The second-order valence-electron chi connectivity index (χ2n) is 9.45. The van der Waals surface area contributed by atoms with Crippen molar-refractivity contribution in [2.24, 2.45) is 0 Å². The maximum absolute atomic E-state index is 2.36. The minimum Gasteiger partial charge on any atom is -0.0616 e. The molecule has 0 saturated carbocycles. The molecule has 0 saturated heterocycles. The van der Waals surface area contributed by atoms with E-state index in [-0.39, 0.29) is 0 Å². The Morgan fingerprint density at radius 3 is 1.11 bits per heavy atom. The molecule has 0 bridgehead atoms. The Labute approximate surface area is 211 Å². The molecule has 0 heterocycles. The monoisotopic (exact) mass is 456 g/mol. The highest BCUT2D eigenvalue weighted by Gasteiger charge is 2.12. The summed E-state index contributed by atoms with van der Waals surface area (Å²) in [5, 5.41) is 7.58. The Bertz CT molecular complexity index is 1890. The van der Waals surface area contributed by atoms with Crippen LogP contribution in [0.3, 0.4) is 0 Å². The Hall–Kier alpha value is -4.68. The van der Waals surface area contributed by atoms with Crippen molar-refractivity contribution in [3.05, 3.63) is 146 Å². The third kappa shape index (κ3) is 3.65. The molecule has 0 aliphatic carbocycles. The summed E-state index contributed by atoms with van der Waals surface area (Å²) in [6, 6.07) is 53.0. The molecule has 0 unspecified atom stereocenters. The average molecular weight is 457 g/mol. The zero-order chi connectivity index (χ0) is 23.9. The molecule has 0 aliphatic heterocycles. The van der Waals surface area contributed by atoms with Gasteiger partial charge in [0.1, 0.15) is 0 Å². The minimum absolute atomic E-state index is 1.23. The van der Waals surface area contributed by atoms with Gasteiger partial charge in [-0.05, 0) is 90.0 Å². The van der Waals surface area contributed by atoms with E-state index in [2.05, 4.69) is 146 Å². The van der Waals surface area contributed by atoms with Gasteiger partial charge in [0.2, 0.25) is 0 Å². The summed E-state index contributed by atoms with van der Waals surface area (Å²) in [4.78, 5) is 0. The molecule has 7 aromatic carbocycles. The molecule has 0 atom stereocenters. The lowest BCUT2D eigenvalue weighted by Crippen LogP contribution is -1.89. The zero-order valence-electron chi connectivity index (χ0n) is 19.9. The first-order valence-corrected chi connectivity index (χ1v) is 12.4. The Balaban J connectivity index is 1.45. The first-order valence-electron chi connectivity index (χ1n) is 12.4. The summed E-state index contributed by atoms with van der Waals surface area (Å²) in [6.07, 6.45) is 0. The van der Waals surface area contributed by atoms with Crippen LogP contribution in [0.4, 0.5) is 0 Å². The van der Waals surface area contributed by atoms with Crippen molar-refractivity contribution < 1.29 is 0 Å². The lowest BCUT2D eigenvalue weighted by Gasteiger charge is -2.15. The summed E-state index contributed by atoms with van der Waals surface area (Å²) in [6.45, 7) is 0. The quantitative estimate of drug-likeness (QED) is 0.248. The maximum Gasteiger partial charge on any atom is -0.00990 e. The fourth-order valence-corrected chi connectivity index (χ4v) is 5.30. The first kappa shape index (κ1) is 20.7. The van der Waals surface area contributed by atoms with Crippen LogP contribution in [0.25, 0.3) is 65.7 Å². The minimum atomic E-state index is 1.23. The van der Waals surface area contributed by atoms with E-state index in [1.54, 1.807) is 0 Å². The maximum atomic E-state index is 2.36. The van der Waals surface area contributed by atoms with Crippen LogP contribution in [0.2, 0.25) is 0 Å². The van der Waals surface area contributed by atoms with Gasteiger partial charge in [-0.1, -0.05) is 121 Å². The average Bonchev–Trinajstić information content (AvgIpc) is 2.96. The van der Waals surface area contributed by atoms with Crippen molar-refractivity contribution in [3.63, 3.8) is 0 Å². The van der Waals surface area contributed by atoms with Gasteiger partial charge in [0.25, 0.3) is 0 Å². The molecule has 7 aromatic rings. The van der Waals surface area contributed by atoms with Crippen molar-refractivity contribution in [2.45, 2.75) is 0 Å². The van der Waals surface area contributed by atoms with E-state index in [0.29, 0.717) is 0 Å². The van der Waals surface area contributed by atoms with Crippen LogP contribution in [0, 0.1) is 0 Å². The van der Waals surface area contributed by atoms with Gasteiger partial charge in [-0.2, -0.15) is 0 Å². The van der Waals surface area contributed by atoms with Crippen molar-refractivity contribution in [1.29, 1.82) is 0 Å². The number of hydrogen-bond donors (Lipinski definition) is 0. The van der Waals surface area contributed by atoms with Gasteiger partial charge in [0.05, 0.1) is 0 Å². The predicted molar refractivity (Wildman–Crippen MR) is 155 cm³/mol. The third-order valence-corrected chi connectivity index (χ3v) is 7.22. The fourth-order valence-electron chi connectivity index (χ4n) is 5.30. The molecule has 0 amide bonds.